The van der Waals surface area contributed by atoms with Crippen LogP contribution >= 0.6 is 0 Å². The van der Waals surface area contributed by atoms with Gasteiger partial charge in [-0.1, -0.05) is 45.0 Å². The molecule has 5 heteroatoms. The fourth-order valence-electron chi connectivity index (χ4n) is 2.51. The van der Waals surface area contributed by atoms with E-state index in [1.807, 2.05) is 36.4 Å². The molecule has 0 saturated carbocycles. The predicted molar refractivity (Wildman–Crippen MR) is 102 cm³/mol. The minimum Gasteiger partial charge on any atom is -0.472 e. The van der Waals surface area contributed by atoms with Crippen LogP contribution in [0.2, 0.25) is 0 Å². The second kappa shape index (κ2) is 8.83. The molecule has 0 radical (unpaired) electrons. The fraction of sp³-hybridized carbons (Fsp3) is 0.450. The Balaban J connectivity index is 1.93. The van der Waals surface area contributed by atoms with Gasteiger partial charge in [0.2, 0.25) is 0 Å². The standard InChI is InChI=1S/C20H29N3O2/c1-15(24)19(23-14-13-22-18-11-7-8-12-21-18)25-17-10-6-5-9-16(17)20(2,3)4/h5-12,15,19,23-24H,13-14H2,1-4H3,(H,21,22). The number of hydrogen-bond donors (Lipinski definition) is 3. The van der Waals surface area contributed by atoms with Crippen LogP contribution in [-0.4, -0.2) is 35.5 Å². The van der Waals surface area contributed by atoms with Gasteiger partial charge in [0.05, 0.1) is 0 Å². The maximum absolute atomic E-state index is 10.1. The molecule has 5 nitrogen and oxygen atoms in total. The van der Waals surface area contributed by atoms with Gasteiger partial charge < -0.3 is 15.2 Å². The summed E-state index contributed by atoms with van der Waals surface area (Å²) in [6.07, 6.45) is 0.637. The van der Waals surface area contributed by atoms with Crippen LogP contribution in [0, 0.1) is 0 Å². The van der Waals surface area contributed by atoms with E-state index < -0.39 is 12.3 Å². The summed E-state index contributed by atoms with van der Waals surface area (Å²) in [5.74, 6) is 1.63. The summed E-state index contributed by atoms with van der Waals surface area (Å²) in [6.45, 7) is 9.50. The zero-order chi connectivity index (χ0) is 18.3. The van der Waals surface area contributed by atoms with Gasteiger partial charge in [0.1, 0.15) is 17.7 Å². The first-order valence-electron chi connectivity index (χ1n) is 8.70. The molecule has 1 heterocycles. The van der Waals surface area contributed by atoms with Crippen LogP contribution in [0.3, 0.4) is 0 Å². The average Bonchev–Trinajstić information content (AvgIpc) is 2.58. The highest BCUT2D eigenvalue weighted by Crippen LogP contribution is 2.31. The van der Waals surface area contributed by atoms with Crippen molar-refractivity contribution in [2.45, 2.75) is 45.4 Å². The molecule has 25 heavy (non-hydrogen) atoms. The van der Waals surface area contributed by atoms with Crippen molar-refractivity contribution in [1.82, 2.24) is 10.3 Å². The van der Waals surface area contributed by atoms with E-state index >= 15 is 0 Å². The van der Waals surface area contributed by atoms with E-state index in [0.717, 1.165) is 17.1 Å². The SMILES string of the molecule is CC(O)C(NCCNc1ccccn1)Oc1ccccc1C(C)(C)C. The van der Waals surface area contributed by atoms with Crippen molar-refractivity contribution < 1.29 is 9.84 Å². The molecule has 0 saturated heterocycles. The van der Waals surface area contributed by atoms with Crippen LogP contribution in [0.5, 0.6) is 5.75 Å². The van der Waals surface area contributed by atoms with E-state index in [0.29, 0.717) is 13.1 Å². The van der Waals surface area contributed by atoms with Gasteiger partial charge in [-0.3, -0.25) is 5.32 Å². The number of nitrogens with one attached hydrogen (secondary N) is 2. The van der Waals surface area contributed by atoms with Crippen molar-refractivity contribution in [3.05, 3.63) is 54.2 Å². The molecule has 0 aliphatic heterocycles. The number of ether oxygens (including phenoxy) is 1. The molecule has 2 atom stereocenters. The molecular weight excluding hydrogens is 314 g/mol. The first-order valence-corrected chi connectivity index (χ1v) is 8.70. The first kappa shape index (κ1) is 19.2. The molecule has 2 rings (SSSR count). The maximum Gasteiger partial charge on any atom is 0.176 e. The molecule has 0 fully saturated rings. The Hall–Kier alpha value is -2.11. The largest absolute Gasteiger partial charge is 0.472 e. The summed E-state index contributed by atoms with van der Waals surface area (Å²) in [6, 6.07) is 13.7. The van der Waals surface area contributed by atoms with Gasteiger partial charge in [-0.05, 0) is 36.1 Å². The van der Waals surface area contributed by atoms with Crippen molar-refractivity contribution in [1.29, 1.82) is 0 Å². The molecule has 0 bridgehead atoms. The van der Waals surface area contributed by atoms with E-state index in [9.17, 15) is 5.11 Å². The highest BCUT2D eigenvalue weighted by molar-refractivity contribution is 5.38. The van der Waals surface area contributed by atoms with E-state index in [1.54, 1.807) is 13.1 Å². The second-order valence-electron chi connectivity index (χ2n) is 7.12. The van der Waals surface area contributed by atoms with Gasteiger partial charge in [0.25, 0.3) is 0 Å². The number of rotatable bonds is 8. The third-order valence-electron chi connectivity index (χ3n) is 3.83. The molecule has 0 amide bonds. The quantitative estimate of drug-likeness (QED) is 0.507. The monoisotopic (exact) mass is 343 g/mol. The van der Waals surface area contributed by atoms with Gasteiger partial charge in [-0.2, -0.15) is 0 Å². The van der Waals surface area contributed by atoms with Crippen LogP contribution in [0.15, 0.2) is 48.7 Å². The third kappa shape index (κ3) is 6.03. The average molecular weight is 343 g/mol. The van der Waals surface area contributed by atoms with Crippen molar-refractivity contribution in [3.63, 3.8) is 0 Å². The molecule has 0 aliphatic carbocycles. The molecule has 0 spiro atoms. The van der Waals surface area contributed by atoms with Gasteiger partial charge >= 0.3 is 0 Å². The second-order valence-corrected chi connectivity index (χ2v) is 7.12. The van der Waals surface area contributed by atoms with Gasteiger partial charge in [0, 0.05) is 19.3 Å². The van der Waals surface area contributed by atoms with Crippen LogP contribution in [-0.2, 0) is 5.41 Å². The molecule has 1 aromatic carbocycles. The lowest BCUT2D eigenvalue weighted by molar-refractivity contribution is 0.0268. The van der Waals surface area contributed by atoms with E-state index in [2.05, 4.69) is 42.5 Å². The molecule has 2 unspecified atom stereocenters. The molecule has 3 N–H and O–H groups in total. The summed E-state index contributed by atoms with van der Waals surface area (Å²) < 4.78 is 6.08. The van der Waals surface area contributed by atoms with Crippen molar-refractivity contribution in [2.24, 2.45) is 0 Å². The summed E-state index contributed by atoms with van der Waals surface area (Å²) in [7, 11) is 0. The number of anilines is 1. The Bertz CT molecular complexity index is 639. The fourth-order valence-corrected chi connectivity index (χ4v) is 2.51. The van der Waals surface area contributed by atoms with Crippen LogP contribution in [0.1, 0.15) is 33.3 Å². The topological polar surface area (TPSA) is 66.4 Å². The minimum absolute atomic E-state index is 0.0274. The lowest BCUT2D eigenvalue weighted by atomic mass is 9.86. The maximum atomic E-state index is 10.1. The van der Waals surface area contributed by atoms with E-state index in [-0.39, 0.29) is 5.41 Å². The highest BCUT2D eigenvalue weighted by Gasteiger charge is 2.22. The number of aromatic nitrogens is 1. The minimum atomic E-state index is -0.636. The zero-order valence-electron chi connectivity index (χ0n) is 15.5. The van der Waals surface area contributed by atoms with Crippen molar-refractivity contribution in [3.8, 4) is 5.75 Å². The predicted octanol–water partition coefficient (Wildman–Crippen LogP) is 3.17. The Morgan fingerprint density at radius 2 is 1.80 bits per heavy atom. The van der Waals surface area contributed by atoms with Gasteiger partial charge in [-0.25, -0.2) is 4.98 Å². The smallest absolute Gasteiger partial charge is 0.176 e. The zero-order valence-corrected chi connectivity index (χ0v) is 15.5. The molecule has 0 aliphatic rings. The van der Waals surface area contributed by atoms with Crippen molar-refractivity contribution >= 4 is 5.82 Å². The summed E-state index contributed by atoms with van der Waals surface area (Å²) >= 11 is 0. The summed E-state index contributed by atoms with van der Waals surface area (Å²) in [5.41, 5.74) is 1.09. The molecule has 136 valence electrons. The Kier molecular flexibility index (Phi) is 6.79. The normalized spacial score (nSPS) is 14.0. The van der Waals surface area contributed by atoms with Crippen LogP contribution in [0.4, 0.5) is 5.82 Å². The molecular formula is C20H29N3O2. The number of hydrogen-bond acceptors (Lipinski definition) is 5. The Morgan fingerprint density at radius 1 is 1.08 bits per heavy atom. The number of aliphatic hydroxyl groups is 1. The van der Waals surface area contributed by atoms with Crippen LogP contribution in [0.25, 0.3) is 0 Å². The van der Waals surface area contributed by atoms with Crippen LogP contribution < -0.4 is 15.4 Å². The Labute approximate surface area is 150 Å². The summed E-state index contributed by atoms with van der Waals surface area (Å²) in [4.78, 5) is 4.22. The lowest BCUT2D eigenvalue weighted by Gasteiger charge is -2.28. The first-order chi connectivity index (χ1) is 11.9. The van der Waals surface area contributed by atoms with E-state index in [1.165, 1.54) is 0 Å². The summed E-state index contributed by atoms with van der Waals surface area (Å²) in [5, 5.41) is 16.5. The number of aliphatic hydroxyl groups excluding tert-OH is 1. The highest BCUT2D eigenvalue weighted by atomic mass is 16.5. The number of benzene rings is 1. The lowest BCUT2D eigenvalue weighted by Crippen LogP contribution is -2.45. The van der Waals surface area contributed by atoms with Crippen molar-refractivity contribution in [2.75, 3.05) is 18.4 Å². The third-order valence-corrected chi connectivity index (χ3v) is 3.83. The number of para-hydroxylation sites is 1. The molecule has 2 aromatic rings. The number of nitrogens with zero attached hydrogens (tertiary/aromatic N) is 1. The molecule has 1 aromatic heterocycles. The Morgan fingerprint density at radius 3 is 2.44 bits per heavy atom. The van der Waals surface area contributed by atoms with Gasteiger partial charge in [0.15, 0.2) is 6.23 Å². The van der Waals surface area contributed by atoms with Gasteiger partial charge in [-0.15, -0.1) is 0 Å². The number of pyridine rings is 1. The van der Waals surface area contributed by atoms with E-state index in [4.69, 9.17) is 4.74 Å².